The van der Waals surface area contributed by atoms with Gasteiger partial charge in [0, 0.05) is 5.56 Å². The van der Waals surface area contributed by atoms with Crippen LogP contribution in [-0.2, 0) is 0 Å². The molecule has 0 saturated carbocycles. The molecular weight excluding hydrogens is 208 g/mol. The lowest BCUT2D eigenvalue weighted by atomic mass is 9.92. The third-order valence-electron chi connectivity index (χ3n) is 3.19. The van der Waals surface area contributed by atoms with E-state index in [1.807, 2.05) is 12.1 Å². The first-order chi connectivity index (χ1) is 8.15. The van der Waals surface area contributed by atoms with Crippen molar-refractivity contribution >= 4 is 0 Å². The molecule has 0 aliphatic carbocycles. The first-order valence-electron chi connectivity index (χ1n) is 5.85. The SMILES string of the molecule is COc1cccc(C)c1-c1c(C)cccc1C. The summed E-state index contributed by atoms with van der Waals surface area (Å²) in [5.74, 6) is 0.947. The maximum Gasteiger partial charge on any atom is 0.126 e. The molecule has 17 heavy (non-hydrogen) atoms. The van der Waals surface area contributed by atoms with Crippen molar-refractivity contribution in [1.82, 2.24) is 0 Å². The Hall–Kier alpha value is -1.76. The maximum absolute atomic E-state index is 5.49. The number of methoxy groups -OCH3 is 1. The Morgan fingerprint density at radius 1 is 0.706 bits per heavy atom. The molecule has 0 aliphatic rings. The van der Waals surface area contributed by atoms with Crippen molar-refractivity contribution in [3.05, 3.63) is 53.1 Å². The van der Waals surface area contributed by atoms with E-state index in [0.717, 1.165) is 5.75 Å². The molecule has 2 aromatic rings. The number of rotatable bonds is 2. The number of hydrogen-bond acceptors (Lipinski definition) is 1. The number of hydrogen-bond donors (Lipinski definition) is 0. The summed E-state index contributed by atoms with van der Waals surface area (Å²) in [4.78, 5) is 0. The molecule has 0 bridgehead atoms. The fourth-order valence-corrected chi connectivity index (χ4v) is 2.34. The van der Waals surface area contributed by atoms with E-state index in [1.54, 1.807) is 7.11 Å². The van der Waals surface area contributed by atoms with Gasteiger partial charge in [0.05, 0.1) is 7.11 Å². The van der Waals surface area contributed by atoms with Crippen molar-refractivity contribution in [2.75, 3.05) is 7.11 Å². The molecule has 0 radical (unpaired) electrons. The maximum atomic E-state index is 5.49. The van der Waals surface area contributed by atoms with E-state index >= 15 is 0 Å². The normalized spacial score (nSPS) is 10.4. The molecule has 0 atom stereocenters. The lowest BCUT2D eigenvalue weighted by Crippen LogP contribution is -1.95. The molecule has 0 aliphatic heterocycles. The zero-order valence-electron chi connectivity index (χ0n) is 10.9. The quantitative estimate of drug-likeness (QED) is 0.742. The second kappa shape index (κ2) is 4.62. The van der Waals surface area contributed by atoms with Crippen LogP contribution in [0, 0.1) is 20.8 Å². The van der Waals surface area contributed by atoms with E-state index in [0.29, 0.717) is 0 Å². The lowest BCUT2D eigenvalue weighted by molar-refractivity contribution is 0.416. The topological polar surface area (TPSA) is 9.23 Å². The van der Waals surface area contributed by atoms with E-state index in [1.165, 1.54) is 27.8 Å². The molecular formula is C16H18O. The van der Waals surface area contributed by atoms with Crippen LogP contribution in [0.2, 0.25) is 0 Å². The van der Waals surface area contributed by atoms with E-state index in [-0.39, 0.29) is 0 Å². The van der Waals surface area contributed by atoms with Gasteiger partial charge in [0.15, 0.2) is 0 Å². The Bertz CT molecular complexity index is 521. The summed E-state index contributed by atoms with van der Waals surface area (Å²) < 4.78 is 5.49. The Morgan fingerprint density at radius 2 is 1.18 bits per heavy atom. The predicted molar refractivity (Wildman–Crippen MR) is 72.6 cm³/mol. The van der Waals surface area contributed by atoms with Gasteiger partial charge in [-0.25, -0.2) is 0 Å². The van der Waals surface area contributed by atoms with Gasteiger partial charge in [0.25, 0.3) is 0 Å². The minimum absolute atomic E-state index is 0.947. The molecule has 2 aromatic carbocycles. The Labute approximate surface area is 103 Å². The molecule has 1 heteroatoms. The van der Waals surface area contributed by atoms with Crippen LogP contribution in [0.25, 0.3) is 11.1 Å². The van der Waals surface area contributed by atoms with Gasteiger partial charge in [-0.2, -0.15) is 0 Å². The standard InChI is InChI=1S/C16H18O/c1-11-7-5-8-12(2)15(11)16-13(3)9-6-10-14(16)17-4/h5-10H,1-4H3. The highest BCUT2D eigenvalue weighted by atomic mass is 16.5. The lowest BCUT2D eigenvalue weighted by Gasteiger charge is -2.16. The molecule has 0 saturated heterocycles. The predicted octanol–water partition coefficient (Wildman–Crippen LogP) is 4.29. The fraction of sp³-hybridized carbons (Fsp3) is 0.250. The van der Waals surface area contributed by atoms with Crippen LogP contribution in [0.3, 0.4) is 0 Å². The highest BCUT2D eigenvalue weighted by Crippen LogP contribution is 2.36. The summed E-state index contributed by atoms with van der Waals surface area (Å²) in [7, 11) is 1.73. The number of ether oxygens (including phenoxy) is 1. The second-order valence-electron chi connectivity index (χ2n) is 4.42. The van der Waals surface area contributed by atoms with Gasteiger partial charge in [-0.1, -0.05) is 30.3 Å². The highest BCUT2D eigenvalue weighted by molar-refractivity contribution is 5.78. The Balaban J connectivity index is 2.76. The molecule has 0 unspecified atom stereocenters. The van der Waals surface area contributed by atoms with Crippen molar-refractivity contribution in [3.63, 3.8) is 0 Å². The molecule has 0 heterocycles. The van der Waals surface area contributed by atoms with Gasteiger partial charge in [0.2, 0.25) is 0 Å². The van der Waals surface area contributed by atoms with Crippen molar-refractivity contribution in [1.29, 1.82) is 0 Å². The van der Waals surface area contributed by atoms with Gasteiger partial charge in [-0.15, -0.1) is 0 Å². The molecule has 0 spiro atoms. The summed E-state index contributed by atoms with van der Waals surface area (Å²) in [5, 5.41) is 0. The van der Waals surface area contributed by atoms with Gasteiger partial charge in [-0.3, -0.25) is 0 Å². The monoisotopic (exact) mass is 226 g/mol. The number of benzene rings is 2. The molecule has 0 N–H and O–H groups in total. The highest BCUT2D eigenvalue weighted by Gasteiger charge is 2.12. The summed E-state index contributed by atoms with van der Waals surface area (Å²) in [6.07, 6.45) is 0. The van der Waals surface area contributed by atoms with Crippen LogP contribution in [0.1, 0.15) is 16.7 Å². The number of aryl methyl sites for hydroxylation is 3. The van der Waals surface area contributed by atoms with Crippen molar-refractivity contribution < 1.29 is 4.74 Å². The first kappa shape index (κ1) is 11.7. The molecule has 88 valence electrons. The van der Waals surface area contributed by atoms with Crippen LogP contribution in [0.4, 0.5) is 0 Å². The van der Waals surface area contributed by atoms with E-state index in [2.05, 4.69) is 45.0 Å². The average molecular weight is 226 g/mol. The summed E-state index contributed by atoms with van der Waals surface area (Å²) in [6, 6.07) is 12.6. The van der Waals surface area contributed by atoms with Gasteiger partial charge < -0.3 is 4.74 Å². The minimum Gasteiger partial charge on any atom is -0.496 e. The molecule has 2 rings (SSSR count). The third kappa shape index (κ3) is 2.05. The second-order valence-corrected chi connectivity index (χ2v) is 4.42. The van der Waals surface area contributed by atoms with Gasteiger partial charge in [0.1, 0.15) is 5.75 Å². The van der Waals surface area contributed by atoms with Crippen molar-refractivity contribution in [2.45, 2.75) is 20.8 Å². The largest absolute Gasteiger partial charge is 0.496 e. The fourth-order valence-electron chi connectivity index (χ4n) is 2.34. The minimum atomic E-state index is 0.947. The van der Waals surface area contributed by atoms with Crippen molar-refractivity contribution in [3.8, 4) is 16.9 Å². The summed E-state index contributed by atoms with van der Waals surface area (Å²) in [5.41, 5.74) is 6.34. The van der Waals surface area contributed by atoms with Gasteiger partial charge in [-0.05, 0) is 49.1 Å². The van der Waals surface area contributed by atoms with Crippen LogP contribution in [0.15, 0.2) is 36.4 Å². The van der Waals surface area contributed by atoms with Crippen molar-refractivity contribution in [2.24, 2.45) is 0 Å². The molecule has 0 aromatic heterocycles. The average Bonchev–Trinajstić information content (AvgIpc) is 2.30. The molecule has 0 fully saturated rings. The van der Waals surface area contributed by atoms with E-state index < -0.39 is 0 Å². The van der Waals surface area contributed by atoms with Gasteiger partial charge >= 0.3 is 0 Å². The zero-order chi connectivity index (χ0) is 12.4. The molecule has 0 amide bonds. The third-order valence-corrected chi connectivity index (χ3v) is 3.19. The summed E-state index contributed by atoms with van der Waals surface area (Å²) >= 11 is 0. The summed E-state index contributed by atoms with van der Waals surface area (Å²) in [6.45, 7) is 6.42. The van der Waals surface area contributed by atoms with E-state index in [9.17, 15) is 0 Å². The van der Waals surface area contributed by atoms with Crippen LogP contribution in [-0.4, -0.2) is 7.11 Å². The van der Waals surface area contributed by atoms with Crippen LogP contribution < -0.4 is 4.74 Å². The smallest absolute Gasteiger partial charge is 0.126 e. The van der Waals surface area contributed by atoms with Crippen LogP contribution in [0.5, 0.6) is 5.75 Å². The Kier molecular flexibility index (Phi) is 3.19. The first-order valence-corrected chi connectivity index (χ1v) is 5.85. The van der Waals surface area contributed by atoms with E-state index in [4.69, 9.17) is 4.74 Å². The molecule has 1 nitrogen and oxygen atoms in total. The zero-order valence-corrected chi connectivity index (χ0v) is 10.9. The van der Waals surface area contributed by atoms with Crippen LogP contribution >= 0.6 is 0 Å². The Morgan fingerprint density at radius 3 is 1.71 bits per heavy atom.